The van der Waals surface area contributed by atoms with Crippen LogP contribution >= 0.6 is 11.3 Å². The van der Waals surface area contributed by atoms with Gasteiger partial charge in [0.15, 0.2) is 0 Å². The molecule has 1 saturated heterocycles. The van der Waals surface area contributed by atoms with Crippen molar-refractivity contribution in [1.82, 2.24) is 0 Å². The zero-order chi connectivity index (χ0) is 23.1. The van der Waals surface area contributed by atoms with Crippen LogP contribution in [0.2, 0.25) is 0 Å². The molecule has 1 amide bonds. The molecule has 0 bridgehead atoms. The van der Waals surface area contributed by atoms with Crippen molar-refractivity contribution >= 4 is 34.5 Å². The molecule has 1 fully saturated rings. The fourth-order valence-corrected chi connectivity index (χ4v) is 5.23. The van der Waals surface area contributed by atoms with Gasteiger partial charge in [0.25, 0.3) is 11.7 Å². The number of ketones is 1. The number of thiophene rings is 1. The van der Waals surface area contributed by atoms with E-state index >= 15 is 0 Å². The molecular weight excluding hydrogens is 438 g/mol. The van der Waals surface area contributed by atoms with E-state index in [2.05, 4.69) is 0 Å². The lowest BCUT2D eigenvalue weighted by Gasteiger charge is -2.24. The second-order valence-corrected chi connectivity index (χ2v) is 9.05. The van der Waals surface area contributed by atoms with Crippen molar-refractivity contribution in [3.63, 3.8) is 0 Å². The summed E-state index contributed by atoms with van der Waals surface area (Å²) in [5, 5.41) is 13.2. The van der Waals surface area contributed by atoms with Crippen molar-refractivity contribution in [3.05, 3.63) is 81.6 Å². The molecule has 3 aromatic rings. The Bertz CT molecular complexity index is 1250. The average molecular weight is 462 g/mol. The third-order valence-electron chi connectivity index (χ3n) is 5.85. The summed E-state index contributed by atoms with van der Waals surface area (Å²) in [6.07, 6.45) is 0.791. The lowest BCUT2D eigenvalue weighted by Crippen LogP contribution is -2.29. The summed E-state index contributed by atoms with van der Waals surface area (Å²) >= 11 is 1.43. The molecule has 168 valence electrons. The second-order valence-electron chi connectivity index (χ2n) is 8.07. The van der Waals surface area contributed by atoms with E-state index in [1.807, 2.05) is 37.4 Å². The van der Waals surface area contributed by atoms with Gasteiger partial charge in [0.05, 0.1) is 12.2 Å². The lowest BCUT2D eigenvalue weighted by molar-refractivity contribution is -0.132. The van der Waals surface area contributed by atoms with Gasteiger partial charge in [0, 0.05) is 22.5 Å². The van der Waals surface area contributed by atoms with Crippen LogP contribution < -0.4 is 14.4 Å². The summed E-state index contributed by atoms with van der Waals surface area (Å²) in [5.41, 5.74) is 2.12. The van der Waals surface area contributed by atoms with E-state index in [-0.39, 0.29) is 17.4 Å². The molecule has 7 heteroatoms. The Kier molecular flexibility index (Phi) is 5.42. The summed E-state index contributed by atoms with van der Waals surface area (Å²) in [4.78, 5) is 28.6. The number of aliphatic hydroxyl groups is 1. The normalized spacial score (nSPS) is 21.2. The standard InChI is InChI=1S/C26H23NO5S/c1-3-31-19-9-7-18(8-10-19)27-23(21-5-4-12-33-21)22(25(29)26(27)30)24(28)16-6-11-20-17(14-16)13-15(2)32-20/h4-12,14-15,23,28H,3,13H2,1-2H3/b24-22-. The minimum Gasteiger partial charge on any atom is -0.507 e. The Labute approximate surface area is 195 Å². The molecule has 2 atom stereocenters. The van der Waals surface area contributed by atoms with Crippen molar-refractivity contribution < 1.29 is 24.2 Å². The molecule has 2 unspecified atom stereocenters. The number of benzene rings is 2. The minimum atomic E-state index is -0.716. The van der Waals surface area contributed by atoms with Gasteiger partial charge in [0.1, 0.15) is 29.4 Å². The summed E-state index contributed by atoms with van der Waals surface area (Å²) in [6, 6.07) is 15.4. The number of Topliss-reactive ketones (excluding diaryl/α,β-unsaturated/α-hetero) is 1. The summed E-state index contributed by atoms with van der Waals surface area (Å²) in [7, 11) is 0. The monoisotopic (exact) mass is 461 g/mol. The number of hydrogen-bond acceptors (Lipinski definition) is 6. The van der Waals surface area contributed by atoms with Crippen molar-refractivity contribution in [2.75, 3.05) is 11.5 Å². The maximum Gasteiger partial charge on any atom is 0.300 e. The number of hydrogen-bond donors (Lipinski definition) is 1. The maximum atomic E-state index is 13.2. The van der Waals surface area contributed by atoms with Crippen molar-refractivity contribution in [2.45, 2.75) is 32.4 Å². The highest BCUT2D eigenvalue weighted by Gasteiger charge is 2.47. The summed E-state index contributed by atoms with van der Waals surface area (Å²) in [5.74, 6) is -0.0894. The molecule has 0 saturated carbocycles. The first-order valence-corrected chi connectivity index (χ1v) is 11.7. The van der Waals surface area contributed by atoms with Crippen LogP contribution in [-0.2, 0) is 16.0 Å². The van der Waals surface area contributed by atoms with Gasteiger partial charge in [-0.05, 0) is 73.3 Å². The number of anilines is 1. The number of nitrogens with zero attached hydrogens (tertiary/aromatic N) is 1. The van der Waals surface area contributed by atoms with Crippen molar-refractivity contribution in [1.29, 1.82) is 0 Å². The molecule has 0 radical (unpaired) electrons. The minimum absolute atomic E-state index is 0.0637. The molecule has 2 aromatic carbocycles. The topological polar surface area (TPSA) is 76.1 Å². The average Bonchev–Trinajstić information content (AvgIpc) is 3.52. The fraction of sp³-hybridized carbons (Fsp3) is 0.231. The van der Waals surface area contributed by atoms with Crippen LogP contribution in [-0.4, -0.2) is 29.5 Å². The maximum absolute atomic E-state index is 13.2. The van der Waals surface area contributed by atoms with Gasteiger partial charge in [-0.2, -0.15) is 0 Å². The number of carbonyl (C=O) groups excluding carboxylic acids is 2. The molecule has 1 aromatic heterocycles. The van der Waals surface area contributed by atoms with E-state index in [9.17, 15) is 14.7 Å². The molecule has 2 aliphatic heterocycles. The number of ether oxygens (including phenoxy) is 2. The van der Waals surface area contributed by atoms with Crippen LogP contribution in [0.4, 0.5) is 5.69 Å². The van der Waals surface area contributed by atoms with Crippen LogP contribution in [0, 0.1) is 0 Å². The van der Waals surface area contributed by atoms with Crippen LogP contribution in [0.1, 0.15) is 35.9 Å². The SMILES string of the molecule is CCOc1ccc(N2C(=O)C(=O)/C(=C(\O)c3ccc4c(c3)CC(C)O4)C2c2cccs2)cc1. The van der Waals surface area contributed by atoms with Crippen LogP contribution in [0.25, 0.3) is 5.76 Å². The Morgan fingerprint density at radius 2 is 1.97 bits per heavy atom. The highest BCUT2D eigenvalue weighted by Crippen LogP contribution is 2.44. The van der Waals surface area contributed by atoms with E-state index in [1.54, 1.807) is 36.4 Å². The van der Waals surface area contributed by atoms with Gasteiger partial charge in [0.2, 0.25) is 0 Å². The second kappa shape index (κ2) is 8.41. The third-order valence-corrected chi connectivity index (χ3v) is 6.78. The van der Waals surface area contributed by atoms with Gasteiger partial charge < -0.3 is 14.6 Å². The van der Waals surface area contributed by atoms with E-state index in [4.69, 9.17) is 9.47 Å². The van der Waals surface area contributed by atoms with E-state index in [0.29, 0.717) is 23.6 Å². The zero-order valence-electron chi connectivity index (χ0n) is 18.3. The highest BCUT2D eigenvalue weighted by molar-refractivity contribution is 7.10. The van der Waals surface area contributed by atoms with Gasteiger partial charge in [-0.3, -0.25) is 14.5 Å². The molecule has 2 aliphatic rings. The van der Waals surface area contributed by atoms with Gasteiger partial charge in [-0.1, -0.05) is 6.07 Å². The molecule has 1 N–H and O–H groups in total. The van der Waals surface area contributed by atoms with Crippen LogP contribution in [0.3, 0.4) is 0 Å². The van der Waals surface area contributed by atoms with Crippen LogP contribution in [0.5, 0.6) is 11.5 Å². The number of rotatable bonds is 5. The molecule has 0 aliphatic carbocycles. The number of fused-ring (bicyclic) bond motifs is 1. The molecule has 6 nitrogen and oxygen atoms in total. The predicted octanol–water partition coefficient (Wildman–Crippen LogP) is 5.10. The van der Waals surface area contributed by atoms with Crippen molar-refractivity contribution in [3.8, 4) is 11.5 Å². The van der Waals surface area contributed by atoms with Crippen LogP contribution in [0.15, 0.2) is 65.6 Å². The van der Waals surface area contributed by atoms with E-state index < -0.39 is 17.7 Å². The lowest BCUT2D eigenvalue weighted by atomic mass is 9.98. The number of amides is 1. The molecule has 33 heavy (non-hydrogen) atoms. The fourth-order valence-electron chi connectivity index (χ4n) is 4.41. The van der Waals surface area contributed by atoms with E-state index in [1.165, 1.54) is 16.2 Å². The highest BCUT2D eigenvalue weighted by atomic mass is 32.1. The summed E-state index contributed by atoms with van der Waals surface area (Å²) in [6.45, 7) is 4.41. The Morgan fingerprint density at radius 3 is 2.67 bits per heavy atom. The number of aliphatic hydroxyl groups excluding tert-OH is 1. The molecule has 0 spiro atoms. The Morgan fingerprint density at radius 1 is 1.18 bits per heavy atom. The predicted molar refractivity (Wildman–Crippen MR) is 127 cm³/mol. The first-order chi connectivity index (χ1) is 16.0. The van der Waals surface area contributed by atoms with Gasteiger partial charge >= 0.3 is 0 Å². The van der Waals surface area contributed by atoms with E-state index in [0.717, 1.165) is 22.6 Å². The quantitative estimate of drug-likeness (QED) is 0.325. The van der Waals surface area contributed by atoms with Gasteiger partial charge in [-0.25, -0.2) is 0 Å². The zero-order valence-corrected chi connectivity index (χ0v) is 19.1. The largest absolute Gasteiger partial charge is 0.507 e. The smallest absolute Gasteiger partial charge is 0.300 e. The van der Waals surface area contributed by atoms with Crippen molar-refractivity contribution in [2.24, 2.45) is 0 Å². The summed E-state index contributed by atoms with van der Waals surface area (Å²) < 4.78 is 11.3. The molecule has 5 rings (SSSR count). The third kappa shape index (κ3) is 3.68. The first-order valence-electron chi connectivity index (χ1n) is 10.8. The number of carbonyl (C=O) groups is 2. The Balaban J connectivity index is 1.62. The molecule has 3 heterocycles. The first kappa shape index (κ1) is 21.3. The van der Waals surface area contributed by atoms with Gasteiger partial charge in [-0.15, -0.1) is 11.3 Å². The Hall–Kier alpha value is -3.58. The molecular formula is C26H23NO5S.